The Kier molecular flexibility index (Phi) is 5.47. The van der Waals surface area contributed by atoms with Gasteiger partial charge in [-0.15, -0.1) is 0 Å². The van der Waals surface area contributed by atoms with E-state index >= 15 is 0 Å². The normalized spacial score (nSPS) is 10.1. The zero-order valence-corrected chi connectivity index (χ0v) is 14.0. The van der Waals surface area contributed by atoms with Crippen molar-refractivity contribution in [1.82, 2.24) is 0 Å². The number of anilines is 2. The van der Waals surface area contributed by atoms with E-state index in [1.54, 1.807) is 43.3 Å². The van der Waals surface area contributed by atoms with Crippen LogP contribution in [-0.4, -0.2) is 18.9 Å². The Morgan fingerprint density at radius 3 is 2.22 bits per heavy atom. The second-order valence-corrected chi connectivity index (χ2v) is 5.56. The largest absolute Gasteiger partial charge is 0.495 e. The fraction of sp³-hybridized carbons (Fsp3) is 0.125. The van der Waals surface area contributed by atoms with Gasteiger partial charge in [-0.25, -0.2) is 0 Å². The minimum atomic E-state index is -0.819. The summed E-state index contributed by atoms with van der Waals surface area (Å²) < 4.78 is 5.15. The Hall–Kier alpha value is -2.24. The Balaban J connectivity index is 2.10. The number of ether oxygens (including phenoxy) is 1. The van der Waals surface area contributed by atoms with Gasteiger partial charge in [0.1, 0.15) is 5.75 Å². The summed E-state index contributed by atoms with van der Waals surface area (Å²) in [7, 11) is 1.45. The first-order chi connectivity index (χ1) is 10.9. The third-order valence-corrected chi connectivity index (χ3v) is 3.70. The molecule has 0 bridgehead atoms. The van der Waals surface area contributed by atoms with Gasteiger partial charge in [0.2, 0.25) is 0 Å². The van der Waals surface area contributed by atoms with Crippen LogP contribution in [-0.2, 0) is 9.59 Å². The molecule has 2 N–H and O–H groups in total. The van der Waals surface area contributed by atoms with Gasteiger partial charge in [-0.2, -0.15) is 0 Å². The maximum absolute atomic E-state index is 12.0. The summed E-state index contributed by atoms with van der Waals surface area (Å²) in [5.41, 5.74) is 1.58. The van der Waals surface area contributed by atoms with E-state index in [1.807, 2.05) is 0 Å². The number of methoxy groups -OCH3 is 1. The van der Waals surface area contributed by atoms with Crippen molar-refractivity contribution in [3.05, 3.63) is 52.0 Å². The molecule has 0 heterocycles. The topological polar surface area (TPSA) is 67.4 Å². The quantitative estimate of drug-likeness (QED) is 0.823. The molecule has 2 aromatic rings. The lowest BCUT2D eigenvalue weighted by atomic mass is 10.2. The highest BCUT2D eigenvalue weighted by atomic mass is 35.5. The molecule has 0 aromatic heterocycles. The van der Waals surface area contributed by atoms with Crippen molar-refractivity contribution in [1.29, 1.82) is 0 Å². The Bertz CT molecular complexity index is 746. The molecule has 7 heteroatoms. The number of benzene rings is 2. The summed E-state index contributed by atoms with van der Waals surface area (Å²) >= 11 is 11.8. The van der Waals surface area contributed by atoms with E-state index in [-0.39, 0.29) is 0 Å². The van der Waals surface area contributed by atoms with Crippen molar-refractivity contribution in [2.24, 2.45) is 0 Å². The third-order valence-electron chi connectivity index (χ3n) is 3.04. The molecule has 2 amide bonds. The van der Waals surface area contributed by atoms with Crippen molar-refractivity contribution in [3.8, 4) is 5.75 Å². The number of hydrogen-bond donors (Lipinski definition) is 2. The van der Waals surface area contributed by atoms with Crippen LogP contribution >= 0.6 is 23.2 Å². The molecule has 2 rings (SSSR count). The van der Waals surface area contributed by atoms with Crippen LogP contribution in [0.25, 0.3) is 0 Å². The standard InChI is InChI=1S/C16H14Cl2N2O3/c1-9-7-13(14(23-2)8-12(9)18)20-16(22)15(21)19-11-5-3-10(17)4-6-11/h3-8H,1-2H3,(H,19,21)(H,20,22). The molecule has 0 spiro atoms. The van der Waals surface area contributed by atoms with E-state index in [9.17, 15) is 9.59 Å². The number of amides is 2. The summed E-state index contributed by atoms with van der Waals surface area (Å²) in [5, 5.41) is 6.02. The summed E-state index contributed by atoms with van der Waals surface area (Å²) in [6, 6.07) is 9.63. The van der Waals surface area contributed by atoms with Crippen LogP contribution in [0.4, 0.5) is 11.4 Å². The molecule has 0 saturated carbocycles. The average molecular weight is 353 g/mol. The Morgan fingerprint density at radius 1 is 1.00 bits per heavy atom. The zero-order valence-electron chi connectivity index (χ0n) is 12.4. The number of carbonyl (C=O) groups is 2. The minimum Gasteiger partial charge on any atom is -0.495 e. The molecular weight excluding hydrogens is 339 g/mol. The number of rotatable bonds is 3. The summed E-state index contributed by atoms with van der Waals surface area (Å²) in [6.45, 7) is 1.78. The van der Waals surface area contributed by atoms with E-state index < -0.39 is 11.8 Å². The van der Waals surface area contributed by atoms with Crippen LogP contribution < -0.4 is 15.4 Å². The lowest BCUT2D eigenvalue weighted by Gasteiger charge is -2.12. The zero-order chi connectivity index (χ0) is 17.0. The van der Waals surface area contributed by atoms with Crippen molar-refractivity contribution in [2.75, 3.05) is 17.7 Å². The minimum absolute atomic E-state index is 0.366. The number of hydrogen-bond acceptors (Lipinski definition) is 3. The van der Waals surface area contributed by atoms with Crippen LogP contribution in [0.1, 0.15) is 5.56 Å². The number of nitrogens with one attached hydrogen (secondary N) is 2. The molecule has 0 aliphatic heterocycles. The number of aryl methyl sites for hydroxylation is 1. The van der Waals surface area contributed by atoms with Crippen LogP contribution in [0.5, 0.6) is 5.75 Å². The third kappa shape index (κ3) is 4.37. The van der Waals surface area contributed by atoms with Gasteiger partial charge >= 0.3 is 11.8 Å². The van der Waals surface area contributed by atoms with Crippen LogP contribution in [0.15, 0.2) is 36.4 Å². The van der Waals surface area contributed by atoms with Crippen LogP contribution in [0, 0.1) is 6.92 Å². The molecule has 120 valence electrons. The van der Waals surface area contributed by atoms with Crippen LogP contribution in [0.2, 0.25) is 10.0 Å². The average Bonchev–Trinajstić information content (AvgIpc) is 2.52. The second kappa shape index (κ2) is 7.35. The number of carbonyl (C=O) groups excluding carboxylic acids is 2. The molecule has 0 aliphatic rings. The smallest absolute Gasteiger partial charge is 0.314 e. The number of halogens is 2. The SMILES string of the molecule is COc1cc(Cl)c(C)cc1NC(=O)C(=O)Nc1ccc(Cl)cc1. The molecule has 0 atom stereocenters. The molecule has 0 aliphatic carbocycles. The van der Waals surface area contributed by atoms with E-state index in [0.29, 0.717) is 27.2 Å². The maximum atomic E-state index is 12.0. The first-order valence-electron chi connectivity index (χ1n) is 6.62. The second-order valence-electron chi connectivity index (χ2n) is 4.72. The molecule has 0 fully saturated rings. The molecular formula is C16H14Cl2N2O3. The fourth-order valence-electron chi connectivity index (χ4n) is 1.83. The van der Waals surface area contributed by atoms with Crippen LogP contribution in [0.3, 0.4) is 0 Å². The lowest BCUT2D eigenvalue weighted by Crippen LogP contribution is -2.29. The predicted molar refractivity (Wildman–Crippen MR) is 91.5 cm³/mol. The van der Waals surface area contributed by atoms with E-state index in [1.165, 1.54) is 7.11 Å². The van der Waals surface area contributed by atoms with Gasteiger partial charge in [0.15, 0.2) is 0 Å². The van der Waals surface area contributed by atoms with Gasteiger partial charge in [0.25, 0.3) is 0 Å². The molecule has 2 aromatic carbocycles. The van der Waals surface area contributed by atoms with E-state index in [4.69, 9.17) is 27.9 Å². The maximum Gasteiger partial charge on any atom is 0.314 e. The molecule has 0 unspecified atom stereocenters. The predicted octanol–water partition coefficient (Wildman–Crippen LogP) is 3.89. The monoisotopic (exact) mass is 352 g/mol. The van der Waals surface area contributed by atoms with Gasteiger partial charge in [0, 0.05) is 21.8 Å². The first kappa shape index (κ1) is 17.1. The van der Waals surface area contributed by atoms with Crippen molar-refractivity contribution < 1.29 is 14.3 Å². The molecule has 0 radical (unpaired) electrons. The van der Waals surface area contributed by atoms with E-state index in [0.717, 1.165) is 5.56 Å². The highest BCUT2D eigenvalue weighted by molar-refractivity contribution is 6.44. The van der Waals surface area contributed by atoms with Gasteiger partial charge in [-0.3, -0.25) is 9.59 Å². The van der Waals surface area contributed by atoms with Gasteiger partial charge in [-0.05, 0) is 42.8 Å². The molecule has 5 nitrogen and oxygen atoms in total. The van der Waals surface area contributed by atoms with Gasteiger partial charge < -0.3 is 15.4 Å². The van der Waals surface area contributed by atoms with Gasteiger partial charge in [0.05, 0.1) is 12.8 Å². The summed E-state index contributed by atoms with van der Waals surface area (Å²) in [5.74, 6) is -1.25. The molecule has 0 saturated heterocycles. The Labute approximate surface area is 143 Å². The molecule has 23 heavy (non-hydrogen) atoms. The summed E-state index contributed by atoms with van der Waals surface area (Å²) in [6.07, 6.45) is 0. The Morgan fingerprint density at radius 2 is 1.61 bits per heavy atom. The lowest BCUT2D eigenvalue weighted by molar-refractivity contribution is -0.133. The first-order valence-corrected chi connectivity index (χ1v) is 7.38. The van der Waals surface area contributed by atoms with Gasteiger partial charge in [-0.1, -0.05) is 23.2 Å². The highest BCUT2D eigenvalue weighted by Crippen LogP contribution is 2.30. The summed E-state index contributed by atoms with van der Waals surface area (Å²) in [4.78, 5) is 23.9. The van der Waals surface area contributed by atoms with Crippen molar-refractivity contribution in [2.45, 2.75) is 6.92 Å². The van der Waals surface area contributed by atoms with E-state index in [2.05, 4.69) is 10.6 Å². The van der Waals surface area contributed by atoms with Crippen molar-refractivity contribution in [3.63, 3.8) is 0 Å². The van der Waals surface area contributed by atoms with Crippen molar-refractivity contribution >= 4 is 46.4 Å². The fourth-order valence-corrected chi connectivity index (χ4v) is 2.11. The highest BCUT2D eigenvalue weighted by Gasteiger charge is 2.17.